The van der Waals surface area contributed by atoms with Crippen molar-refractivity contribution in [1.29, 1.82) is 0 Å². The Morgan fingerprint density at radius 2 is 1.82 bits per heavy atom. The number of benzene rings is 2. The van der Waals surface area contributed by atoms with E-state index < -0.39 is 0 Å². The number of halogens is 1. The summed E-state index contributed by atoms with van der Waals surface area (Å²) in [5, 5.41) is 0. The van der Waals surface area contributed by atoms with Gasteiger partial charge in [-0.25, -0.2) is 0 Å². The van der Waals surface area contributed by atoms with E-state index in [0.717, 1.165) is 54.4 Å². The monoisotopic (exact) mass is 462 g/mol. The van der Waals surface area contributed by atoms with E-state index in [4.69, 9.17) is 9.47 Å². The number of ether oxygens (including phenoxy) is 2. The molecule has 2 aliphatic heterocycles. The summed E-state index contributed by atoms with van der Waals surface area (Å²) >= 11 is 5.24. The molecule has 0 N–H and O–H groups in total. The maximum atomic E-state index is 12.5. The van der Waals surface area contributed by atoms with Gasteiger partial charge in [0.05, 0.1) is 5.75 Å². The fourth-order valence-corrected chi connectivity index (χ4v) is 4.95. The van der Waals surface area contributed by atoms with Gasteiger partial charge in [-0.1, -0.05) is 40.2 Å². The molecule has 0 radical (unpaired) electrons. The van der Waals surface area contributed by atoms with Gasteiger partial charge in [-0.2, -0.15) is 0 Å². The van der Waals surface area contributed by atoms with Crippen LogP contribution in [0.3, 0.4) is 0 Å². The Balaban J connectivity index is 1.20. The summed E-state index contributed by atoms with van der Waals surface area (Å²) in [6, 6.07) is 14.3. The number of rotatable bonds is 6. The van der Waals surface area contributed by atoms with Gasteiger partial charge >= 0.3 is 0 Å². The van der Waals surface area contributed by atoms with Crippen LogP contribution in [0.25, 0.3) is 0 Å². The van der Waals surface area contributed by atoms with Crippen LogP contribution in [-0.2, 0) is 17.1 Å². The molecule has 1 amide bonds. The highest BCUT2D eigenvalue weighted by Crippen LogP contribution is 2.32. The molecule has 1 fully saturated rings. The van der Waals surface area contributed by atoms with Gasteiger partial charge < -0.3 is 14.4 Å². The summed E-state index contributed by atoms with van der Waals surface area (Å²) in [4.78, 5) is 16.9. The van der Waals surface area contributed by atoms with Crippen LogP contribution in [-0.4, -0.2) is 54.4 Å². The second kappa shape index (κ2) is 9.20. The van der Waals surface area contributed by atoms with Crippen LogP contribution in [0.4, 0.5) is 0 Å². The first-order valence-corrected chi connectivity index (χ1v) is 11.3. The summed E-state index contributed by atoms with van der Waals surface area (Å²) in [7, 11) is 0. The minimum absolute atomic E-state index is 0.236. The van der Waals surface area contributed by atoms with Crippen molar-refractivity contribution in [3.63, 3.8) is 0 Å². The quantitative estimate of drug-likeness (QED) is 0.653. The Bertz CT molecular complexity index is 840. The zero-order valence-corrected chi connectivity index (χ0v) is 18.0. The molecule has 28 heavy (non-hydrogen) atoms. The molecule has 2 aromatic rings. The van der Waals surface area contributed by atoms with Gasteiger partial charge in [0.15, 0.2) is 11.5 Å². The Kier molecular flexibility index (Phi) is 6.44. The average Bonchev–Trinajstić information content (AvgIpc) is 3.18. The van der Waals surface area contributed by atoms with Gasteiger partial charge in [0.1, 0.15) is 0 Å². The molecule has 0 atom stereocenters. The zero-order chi connectivity index (χ0) is 19.3. The number of amides is 1. The molecule has 2 aliphatic rings. The van der Waals surface area contributed by atoms with Crippen LogP contribution >= 0.6 is 27.7 Å². The van der Waals surface area contributed by atoms with E-state index in [9.17, 15) is 4.79 Å². The van der Waals surface area contributed by atoms with Crippen LogP contribution in [0, 0.1) is 0 Å². The number of thioether (sulfide) groups is 1. The summed E-state index contributed by atoms with van der Waals surface area (Å²) in [6.45, 7) is 4.55. The van der Waals surface area contributed by atoms with Gasteiger partial charge in [-0.15, -0.1) is 11.8 Å². The highest BCUT2D eigenvalue weighted by molar-refractivity contribution is 9.10. The molecule has 148 valence electrons. The Morgan fingerprint density at radius 1 is 1.04 bits per heavy atom. The third kappa shape index (κ3) is 4.82. The van der Waals surface area contributed by atoms with Gasteiger partial charge in [-0.05, 0) is 29.3 Å². The van der Waals surface area contributed by atoms with E-state index in [1.165, 1.54) is 11.1 Å². The fraction of sp³-hybridized carbons (Fsp3) is 0.381. The number of nitrogens with zero attached hydrogens (tertiary/aromatic N) is 2. The molecule has 1 saturated heterocycles. The number of carbonyl (C=O) groups excluding carboxylic acids is 1. The van der Waals surface area contributed by atoms with Crippen molar-refractivity contribution in [2.24, 2.45) is 0 Å². The molecule has 2 heterocycles. The second-order valence-corrected chi connectivity index (χ2v) is 8.77. The number of fused-ring (bicyclic) bond motifs is 1. The van der Waals surface area contributed by atoms with Crippen molar-refractivity contribution < 1.29 is 14.3 Å². The van der Waals surface area contributed by atoms with E-state index in [1.807, 2.05) is 29.2 Å². The number of carbonyl (C=O) groups is 1. The van der Waals surface area contributed by atoms with Gasteiger partial charge in [-0.3, -0.25) is 9.69 Å². The Hall–Kier alpha value is -1.70. The summed E-state index contributed by atoms with van der Waals surface area (Å²) in [6.07, 6.45) is 0. The third-order valence-electron chi connectivity index (χ3n) is 5.01. The third-order valence-corrected chi connectivity index (χ3v) is 6.75. The summed E-state index contributed by atoms with van der Waals surface area (Å²) < 4.78 is 11.9. The Labute approximate surface area is 178 Å². The average molecular weight is 463 g/mol. The van der Waals surface area contributed by atoms with E-state index in [1.54, 1.807) is 11.8 Å². The van der Waals surface area contributed by atoms with Crippen LogP contribution in [0.15, 0.2) is 46.9 Å². The largest absolute Gasteiger partial charge is 0.454 e. The van der Waals surface area contributed by atoms with E-state index in [-0.39, 0.29) is 5.91 Å². The molecule has 4 rings (SSSR count). The molecule has 0 saturated carbocycles. The molecular weight excluding hydrogens is 440 g/mol. The molecule has 0 spiro atoms. The van der Waals surface area contributed by atoms with Crippen molar-refractivity contribution in [3.05, 3.63) is 58.1 Å². The maximum Gasteiger partial charge on any atom is 0.232 e. The predicted molar refractivity (Wildman–Crippen MR) is 115 cm³/mol. The first-order chi connectivity index (χ1) is 13.7. The van der Waals surface area contributed by atoms with Gasteiger partial charge in [0.25, 0.3) is 0 Å². The number of hydrogen-bond donors (Lipinski definition) is 0. The lowest BCUT2D eigenvalue weighted by Crippen LogP contribution is -2.48. The molecule has 0 bridgehead atoms. The van der Waals surface area contributed by atoms with E-state index in [0.29, 0.717) is 12.5 Å². The van der Waals surface area contributed by atoms with Crippen LogP contribution in [0.1, 0.15) is 11.1 Å². The molecule has 0 aromatic heterocycles. The van der Waals surface area contributed by atoms with E-state index >= 15 is 0 Å². The molecular formula is C21H23BrN2O3S. The molecule has 5 nitrogen and oxygen atoms in total. The molecule has 7 heteroatoms. The van der Waals surface area contributed by atoms with E-state index in [2.05, 4.69) is 39.0 Å². The fourth-order valence-electron chi connectivity index (χ4n) is 3.41. The zero-order valence-electron chi connectivity index (χ0n) is 15.6. The molecule has 0 unspecified atom stereocenters. The minimum Gasteiger partial charge on any atom is -0.454 e. The highest BCUT2D eigenvalue weighted by atomic mass is 79.9. The van der Waals surface area contributed by atoms with Crippen molar-refractivity contribution in [2.45, 2.75) is 12.3 Å². The summed E-state index contributed by atoms with van der Waals surface area (Å²) in [5.74, 6) is 3.26. The molecule has 0 aliphatic carbocycles. The Morgan fingerprint density at radius 3 is 2.64 bits per heavy atom. The first-order valence-electron chi connectivity index (χ1n) is 9.39. The first kappa shape index (κ1) is 19.6. The minimum atomic E-state index is 0.236. The topological polar surface area (TPSA) is 42.0 Å². The van der Waals surface area contributed by atoms with Crippen molar-refractivity contribution in [3.8, 4) is 11.5 Å². The molecule has 2 aromatic carbocycles. The van der Waals surface area contributed by atoms with Crippen molar-refractivity contribution >= 4 is 33.6 Å². The predicted octanol–water partition coefficient (Wildman–Crippen LogP) is 3.76. The standard InChI is InChI=1S/C21H23BrN2O3S/c22-18-4-2-1-3-17(18)13-28-14-21(25)24-9-7-23(8-10-24)12-16-5-6-19-20(11-16)27-15-26-19/h1-6,11H,7-10,12-15H2. The lowest BCUT2D eigenvalue weighted by Gasteiger charge is -2.34. The lowest BCUT2D eigenvalue weighted by molar-refractivity contribution is -0.130. The normalized spacial score (nSPS) is 16.4. The number of piperazine rings is 1. The summed E-state index contributed by atoms with van der Waals surface area (Å²) in [5.41, 5.74) is 2.45. The van der Waals surface area contributed by atoms with Gasteiger partial charge in [0, 0.05) is 42.9 Å². The SMILES string of the molecule is O=C(CSCc1ccccc1Br)N1CCN(Cc2ccc3c(c2)OCO3)CC1. The van der Waals surface area contributed by atoms with Crippen LogP contribution in [0.5, 0.6) is 11.5 Å². The van der Waals surface area contributed by atoms with Gasteiger partial charge in [0.2, 0.25) is 12.7 Å². The highest BCUT2D eigenvalue weighted by Gasteiger charge is 2.22. The number of hydrogen-bond acceptors (Lipinski definition) is 5. The van der Waals surface area contributed by atoms with Crippen LogP contribution < -0.4 is 9.47 Å². The van der Waals surface area contributed by atoms with Crippen molar-refractivity contribution in [2.75, 3.05) is 38.7 Å². The second-order valence-electron chi connectivity index (χ2n) is 6.93. The maximum absolute atomic E-state index is 12.5. The van der Waals surface area contributed by atoms with Crippen molar-refractivity contribution in [1.82, 2.24) is 9.80 Å². The van der Waals surface area contributed by atoms with Crippen LogP contribution in [0.2, 0.25) is 0 Å². The lowest BCUT2D eigenvalue weighted by atomic mass is 10.1. The smallest absolute Gasteiger partial charge is 0.232 e.